The molecular formula is C28H24FN3O2. The number of fused-ring (bicyclic) bond motifs is 1. The number of carbonyl (C=O) groups is 2. The summed E-state index contributed by atoms with van der Waals surface area (Å²) in [5.74, 6) is -0.145. The van der Waals surface area contributed by atoms with Gasteiger partial charge in [-0.25, -0.2) is 4.39 Å². The predicted octanol–water partition coefficient (Wildman–Crippen LogP) is 5.14. The number of rotatable bonds is 5. The van der Waals surface area contributed by atoms with Gasteiger partial charge in [0.15, 0.2) is 0 Å². The monoisotopic (exact) mass is 453 g/mol. The largest absolute Gasteiger partial charge is 0.350 e. The van der Waals surface area contributed by atoms with E-state index < -0.39 is 0 Å². The summed E-state index contributed by atoms with van der Waals surface area (Å²) in [4.78, 5) is 27.6. The van der Waals surface area contributed by atoms with Gasteiger partial charge in [0, 0.05) is 35.3 Å². The fraction of sp³-hybridized carbons (Fsp3) is 0.214. The maximum absolute atomic E-state index is 13.4. The standard InChI is InChI=1S/C28H24FN3O2/c29-21-8-10-22(11-9-21)31-15-14-20-16-23(12-13-25(20)31)32-26(33)17-24(30-28(34)19-6-7-19)27(32)18-4-2-1-3-5-18/h1-5,8-16,19,24,27H,6-7,17H2,(H,30,34). The second kappa shape index (κ2) is 8.13. The van der Waals surface area contributed by atoms with Crippen LogP contribution in [0.1, 0.15) is 30.9 Å². The van der Waals surface area contributed by atoms with Crippen LogP contribution in [0.4, 0.5) is 10.1 Å². The summed E-state index contributed by atoms with van der Waals surface area (Å²) >= 11 is 0. The fourth-order valence-electron chi connectivity index (χ4n) is 4.95. The van der Waals surface area contributed by atoms with E-state index in [1.54, 1.807) is 12.1 Å². The van der Waals surface area contributed by atoms with Gasteiger partial charge < -0.3 is 14.8 Å². The minimum absolute atomic E-state index is 0.00716. The number of aromatic nitrogens is 1. The number of anilines is 1. The lowest BCUT2D eigenvalue weighted by Crippen LogP contribution is -2.40. The summed E-state index contributed by atoms with van der Waals surface area (Å²) in [6.45, 7) is 0. The Kier molecular flexibility index (Phi) is 4.94. The highest BCUT2D eigenvalue weighted by Crippen LogP contribution is 2.39. The Balaban J connectivity index is 1.37. The summed E-state index contributed by atoms with van der Waals surface area (Å²) in [7, 11) is 0. The second-order valence-corrected chi connectivity index (χ2v) is 9.12. The highest BCUT2D eigenvalue weighted by molar-refractivity contribution is 6.00. The Morgan fingerprint density at radius 1 is 0.912 bits per heavy atom. The first-order valence-corrected chi connectivity index (χ1v) is 11.6. The molecule has 5 nitrogen and oxygen atoms in total. The number of nitrogens with zero attached hydrogens (tertiary/aromatic N) is 2. The first kappa shape index (κ1) is 20.7. The lowest BCUT2D eigenvalue weighted by molar-refractivity contribution is -0.123. The van der Waals surface area contributed by atoms with E-state index in [2.05, 4.69) is 5.32 Å². The van der Waals surface area contributed by atoms with Gasteiger partial charge in [-0.15, -0.1) is 0 Å². The molecule has 6 heteroatoms. The van der Waals surface area contributed by atoms with Crippen LogP contribution in [0.3, 0.4) is 0 Å². The molecule has 1 saturated carbocycles. The third-order valence-corrected chi connectivity index (χ3v) is 6.80. The predicted molar refractivity (Wildman–Crippen MR) is 129 cm³/mol. The maximum Gasteiger partial charge on any atom is 0.229 e. The Bertz CT molecular complexity index is 1380. The van der Waals surface area contributed by atoms with Crippen LogP contribution in [0, 0.1) is 11.7 Å². The Morgan fingerprint density at radius 2 is 1.65 bits per heavy atom. The van der Waals surface area contributed by atoms with Crippen molar-refractivity contribution in [3.05, 3.63) is 96.4 Å². The Labute approximate surface area is 196 Å². The van der Waals surface area contributed by atoms with E-state index >= 15 is 0 Å². The van der Waals surface area contributed by atoms with Crippen LogP contribution in [-0.2, 0) is 9.59 Å². The van der Waals surface area contributed by atoms with Crippen molar-refractivity contribution in [3.8, 4) is 5.69 Å². The quantitative estimate of drug-likeness (QED) is 0.455. The van der Waals surface area contributed by atoms with E-state index in [1.807, 2.05) is 70.3 Å². The van der Waals surface area contributed by atoms with Crippen molar-refractivity contribution in [1.82, 2.24) is 9.88 Å². The molecule has 3 aromatic carbocycles. The summed E-state index contributed by atoms with van der Waals surface area (Å²) in [6.07, 6.45) is 4.06. The SMILES string of the molecule is O=C(NC1CC(=O)N(c2ccc3c(ccn3-c3ccc(F)cc3)c2)C1c1ccccc1)C1CC1. The highest BCUT2D eigenvalue weighted by atomic mass is 19.1. The molecule has 2 atom stereocenters. The zero-order valence-corrected chi connectivity index (χ0v) is 18.5. The summed E-state index contributed by atoms with van der Waals surface area (Å²) in [6, 6.07) is 23.6. The van der Waals surface area contributed by atoms with E-state index in [1.165, 1.54) is 12.1 Å². The van der Waals surface area contributed by atoms with Crippen molar-refractivity contribution in [2.75, 3.05) is 4.90 Å². The van der Waals surface area contributed by atoms with Crippen LogP contribution in [0.5, 0.6) is 0 Å². The van der Waals surface area contributed by atoms with Gasteiger partial charge in [0.2, 0.25) is 11.8 Å². The van der Waals surface area contributed by atoms with Gasteiger partial charge in [0.25, 0.3) is 0 Å². The number of halogens is 1. The lowest BCUT2D eigenvalue weighted by atomic mass is 9.99. The van der Waals surface area contributed by atoms with Crippen LogP contribution >= 0.6 is 0 Å². The molecule has 0 radical (unpaired) electrons. The average molecular weight is 454 g/mol. The molecule has 2 aliphatic rings. The number of amides is 2. The van der Waals surface area contributed by atoms with Crippen molar-refractivity contribution in [2.45, 2.75) is 31.3 Å². The van der Waals surface area contributed by atoms with Crippen molar-refractivity contribution < 1.29 is 14.0 Å². The molecule has 1 aliphatic heterocycles. The molecule has 1 saturated heterocycles. The normalized spacial score (nSPS) is 20.1. The van der Waals surface area contributed by atoms with Gasteiger partial charge in [-0.05, 0) is 66.9 Å². The van der Waals surface area contributed by atoms with Crippen LogP contribution in [0.2, 0.25) is 0 Å². The van der Waals surface area contributed by atoms with E-state index in [0.717, 1.165) is 40.7 Å². The first-order chi connectivity index (χ1) is 16.6. The van der Waals surface area contributed by atoms with E-state index in [-0.39, 0.29) is 42.1 Å². The van der Waals surface area contributed by atoms with Crippen molar-refractivity contribution in [3.63, 3.8) is 0 Å². The molecule has 0 bridgehead atoms. The van der Waals surface area contributed by atoms with Gasteiger partial charge in [0.1, 0.15) is 5.82 Å². The Hall–Kier alpha value is -3.93. The first-order valence-electron chi connectivity index (χ1n) is 11.6. The zero-order valence-electron chi connectivity index (χ0n) is 18.5. The molecule has 0 spiro atoms. The number of hydrogen-bond donors (Lipinski definition) is 1. The van der Waals surface area contributed by atoms with Gasteiger partial charge >= 0.3 is 0 Å². The number of nitrogens with one attached hydrogen (secondary N) is 1. The molecule has 4 aromatic rings. The van der Waals surface area contributed by atoms with Gasteiger partial charge in [-0.1, -0.05) is 30.3 Å². The smallest absolute Gasteiger partial charge is 0.229 e. The molecule has 2 amide bonds. The third-order valence-electron chi connectivity index (χ3n) is 6.80. The second-order valence-electron chi connectivity index (χ2n) is 9.12. The minimum atomic E-state index is -0.275. The number of hydrogen-bond acceptors (Lipinski definition) is 2. The van der Waals surface area contributed by atoms with Crippen molar-refractivity contribution in [1.29, 1.82) is 0 Å². The molecule has 34 heavy (non-hydrogen) atoms. The number of benzene rings is 3. The van der Waals surface area contributed by atoms with Crippen LogP contribution < -0.4 is 10.2 Å². The average Bonchev–Trinajstić information content (AvgIpc) is 3.55. The summed E-state index contributed by atoms with van der Waals surface area (Å²) in [5.41, 5.74) is 3.63. The van der Waals surface area contributed by atoms with Gasteiger partial charge in [0.05, 0.1) is 17.6 Å². The molecule has 1 aliphatic carbocycles. The van der Waals surface area contributed by atoms with E-state index in [4.69, 9.17) is 0 Å². The molecule has 2 unspecified atom stereocenters. The minimum Gasteiger partial charge on any atom is -0.350 e. The zero-order chi connectivity index (χ0) is 23.2. The topological polar surface area (TPSA) is 54.3 Å². The Morgan fingerprint density at radius 3 is 2.38 bits per heavy atom. The van der Waals surface area contributed by atoms with Crippen molar-refractivity contribution >= 4 is 28.4 Å². The molecule has 6 rings (SSSR count). The molecule has 1 N–H and O–H groups in total. The third kappa shape index (κ3) is 3.65. The fourth-order valence-corrected chi connectivity index (χ4v) is 4.95. The van der Waals surface area contributed by atoms with E-state index in [0.29, 0.717) is 0 Å². The maximum atomic E-state index is 13.4. The van der Waals surface area contributed by atoms with Gasteiger partial charge in [-0.3, -0.25) is 9.59 Å². The highest BCUT2D eigenvalue weighted by Gasteiger charge is 2.43. The molecule has 2 fully saturated rings. The van der Waals surface area contributed by atoms with Crippen molar-refractivity contribution in [2.24, 2.45) is 5.92 Å². The van der Waals surface area contributed by atoms with Crippen LogP contribution in [0.15, 0.2) is 85.1 Å². The lowest BCUT2D eigenvalue weighted by Gasteiger charge is -2.29. The molecule has 170 valence electrons. The van der Waals surface area contributed by atoms with Crippen LogP contribution in [-0.4, -0.2) is 22.4 Å². The summed E-state index contributed by atoms with van der Waals surface area (Å²) in [5, 5.41) is 4.13. The summed E-state index contributed by atoms with van der Waals surface area (Å²) < 4.78 is 15.4. The molecule has 1 aromatic heterocycles. The van der Waals surface area contributed by atoms with Crippen LogP contribution in [0.25, 0.3) is 16.6 Å². The van der Waals surface area contributed by atoms with E-state index in [9.17, 15) is 14.0 Å². The molecule has 2 heterocycles. The molecular weight excluding hydrogens is 429 g/mol. The van der Waals surface area contributed by atoms with Gasteiger partial charge in [-0.2, -0.15) is 0 Å². The number of carbonyl (C=O) groups excluding carboxylic acids is 2.